The van der Waals surface area contributed by atoms with Crippen molar-refractivity contribution in [3.05, 3.63) is 54.2 Å². The minimum absolute atomic E-state index is 0.0817. The van der Waals surface area contributed by atoms with Crippen molar-refractivity contribution in [2.24, 2.45) is 5.92 Å². The van der Waals surface area contributed by atoms with Crippen LogP contribution in [0.3, 0.4) is 0 Å². The summed E-state index contributed by atoms with van der Waals surface area (Å²) in [6.45, 7) is 4.24. The van der Waals surface area contributed by atoms with Crippen LogP contribution in [0.15, 0.2) is 48.7 Å². The van der Waals surface area contributed by atoms with Gasteiger partial charge in [-0.3, -0.25) is 9.78 Å². The zero-order valence-electron chi connectivity index (χ0n) is 13.0. The number of hydrogen-bond donors (Lipinski definition) is 2. The molecule has 0 bridgehead atoms. The predicted octanol–water partition coefficient (Wildman–Crippen LogP) is 2.77. The van der Waals surface area contributed by atoms with E-state index in [2.05, 4.69) is 10.3 Å². The molecule has 0 saturated carbocycles. The quantitative estimate of drug-likeness (QED) is 0.862. The molecule has 2 N–H and O–H groups in total. The van der Waals surface area contributed by atoms with Gasteiger partial charge in [0.2, 0.25) is 5.91 Å². The van der Waals surface area contributed by atoms with E-state index in [1.807, 2.05) is 56.3 Å². The Labute approximate surface area is 131 Å². The number of aliphatic hydroxyl groups excluding tert-OH is 1. The summed E-state index contributed by atoms with van der Waals surface area (Å²) in [5, 5.41) is 12.6. The first-order valence-electron chi connectivity index (χ1n) is 7.51. The van der Waals surface area contributed by atoms with E-state index in [0.29, 0.717) is 6.54 Å². The predicted molar refractivity (Wildman–Crippen MR) is 87.0 cm³/mol. The van der Waals surface area contributed by atoms with Crippen LogP contribution >= 0.6 is 0 Å². The summed E-state index contributed by atoms with van der Waals surface area (Å²) in [6, 6.07) is 13.7. The molecule has 116 valence electrons. The number of benzene rings is 1. The molecule has 0 radical (unpaired) electrons. The Morgan fingerprint density at radius 1 is 1.23 bits per heavy atom. The first kappa shape index (κ1) is 16.2. The number of hydrogen-bond acceptors (Lipinski definition) is 3. The van der Waals surface area contributed by atoms with E-state index >= 15 is 0 Å². The summed E-state index contributed by atoms with van der Waals surface area (Å²) in [5.41, 5.74) is 2.94. The zero-order chi connectivity index (χ0) is 15.9. The minimum atomic E-state index is -0.597. The fourth-order valence-corrected chi connectivity index (χ4v) is 2.07. The highest BCUT2D eigenvalue weighted by Crippen LogP contribution is 2.17. The SMILES string of the molecule is CC(C)C(O)CC(=O)NCc1cccc(-c2ccccn2)c1. The van der Waals surface area contributed by atoms with Gasteiger partial charge in [0.15, 0.2) is 0 Å². The molecule has 0 aliphatic carbocycles. The maximum Gasteiger partial charge on any atom is 0.222 e. The molecular weight excluding hydrogens is 276 g/mol. The zero-order valence-corrected chi connectivity index (χ0v) is 13.0. The Morgan fingerprint density at radius 3 is 2.73 bits per heavy atom. The van der Waals surface area contributed by atoms with Gasteiger partial charge in [-0.25, -0.2) is 0 Å². The van der Waals surface area contributed by atoms with Gasteiger partial charge in [0.25, 0.3) is 0 Å². The van der Waals surface area contributed by atoms with Gasteiger partial charge in [0.05, 0.1) is 18.2 Å². The largest absolute Gasteiger partial charge is 0.392 e. The van der Waals surface area contributed by atoms with E-state index in [-0.39, 0.29) is 18.2 Å². The first-order valence-corrected chi connectivity index (χ1v) is 7.51. The number of nitrogens with one attached hydrogen (secondary N) is 1. The lowest BCUT2D eigenvalue weighted by Gasteiger charge is -2.14. The standard InChI is InChI=1S/C18H22N2O2/c1-13(2)17(21)11-18(22)20-12-14-6-5-7-15(10-14)16-8-3-4-9-19-16/h3-10,13,17,21H,11-12H2,1-2H3,(H,20,22). The number of aliphatic hydroxyl groups is 1. The van der Waals surface area contributed by atoms with Crippen molar-refractivity contribution in [1.82, 2.24) is 10.3 Å². The highest BCUT2D eigenvalue weighted by Gasteiger charge is 2.13. The molecule has 1 unspecified atom stereocenters. The number of rotatable bonds is 6. The van der Waals surface area contributed by atoms with Gasteiger partial charge < -0.3 is 10.4 Å². The molecule has 1 atom stereocenters. The summed E-state index contributed by atoms with van der Waals surface area (Å²) in [7, 11) is 0. The van der Waals surface area contributed by atoms with E-state index in [1.165, 1.54) is 0 Å². The average Bonchev–Trinajstić information content (AvgIpc) is 2.54. The lowest BCUT2D eigenvalue weighted by Crippen LogP contribution is -2.29. The molecule has 0 saturated heterocycles. The van der Waals surface area contributed by atoms with Crippen LogP contribution < -0.4 is 5.32 Å². The number of aromatic nitrogens is 1. The fraction of sp³-hybridized carbons (Fsp3) is 0.333. The number of carbonyl (C=O) groups is 1. The maximum absolute atomic E-state index is 11.8. The summed E-state index contributed by atoms with van der Waals surface area (Å²) in [4.78, 5) is 16.1. The van der Waals surface area contributed by atoms with Crippen LogP contribution in [0, 0.1) is 5.92 Å². The van der Waals surface area contributed by atoms with E-state index in [4.69, 9.17) is 0 Å². The second kappa shape index (κ2) is 7.71. The molecule has 4 heteroatoms. The fourth-order valence-electron chi connectivity index (χ4n) is 2.07. The minimum Gasteiger partial charge on any atom is -0.392 e. The monoisotopic (exact) mass is 298 g/mol. The number of nitrogens with zero attached hydrogens (tertiary/aromatic N) is 1. The molecule has 4 nitrogen and oxygen atoms in total. The van der Waals surface area contributed by atoms with Crippen molar-refractivity contribution in [2.45, 2.75) is 32.9 Å². The number of amides is 1. The van der Waals surface area contributed by atoms with Crippen LogP contribution in [-0.4, -0.2) is 22.1 Å². The molecule has 0 aliphatic rings. The van der Waals surface area contributed by atoms with Gasteiger partial charge in [0.1, 0.15) is 0 Å². The van der Waals surface area contributed by atoms with Crippen molar-refractivity contribution >= 4 is 5.91 Å². The van der Waals surface area contributed by atoms with Crippen molar-refractivity contribution in [3.63, 3.8) is 0 Å². The van der Waals surface area contributed by atoms with Crippen LogP contribution in [0.2, 0.25) is 0 Å². The van der Waals surface area contributed by atoms with Crippen LogP contribution in [0.5, 0.6) is 0 Å². The number of pyridine rings is 1. The normalized spacial score (nSPS) is 12.2. The second-order valence-electron chi connectivity index (χ2n) is 5.71. The van der Waals surface area contributed by atoms with Gasteiger partial charge in [-0.15, -0.1) is 0 Å². The molecule has 1 aromatic carbocycles. The van der Waals surface area contributed by atoms with Gasteiger partial charge in [0, 0.05) is 18.3 Å². The molecule has 2 aromatic rings. The molecule has 2 rings (SSSR count). The van der Waals surface area contributed by atoms with Gasteiger partial charge in [-0.1, -0.05) is 38.1 Å². The third-order valence-electron chi connectivity index (χ3n) is 3.54. The Kier molecular flexibility index (Phi) is 5.67. The molecule has 1 heterocycles. The highest BCUT2D eigenvalue weighted by molar-refractivity contribution is 5.76. The topological polar surface area (TPSA) is 62.2 Å². The van der Waals surface area contributed by atoms with Gasteiger partial charge in [-0.2, -0.15) is 0 Å². The van der Waals surface area contributed by atoms with E-state index in [0.717, 1.165) is 16.8 Å². The van der Waals surface area contributed by atoms with Crippen molar-refractivity contribution < 1.29 is 9.90 Å². The van der Waals surface area contributed by atoms with Gasteiger partial charge >= 0.3 is 0 Å². The lowest BCUT2D eigenvalue weighted by atomic mass is 10.0. The van der Waals surface area contributed by atoms with Crippen molar-refractivity contribution in [2.75, 3.05) is 0 Å². The van der Waals surface area contributed by atoms with Crippen LogP contribution in [0.1, 0.15) is 25.8 Å². The second-order valence-corrected chi connectivity index (χ2v) is 5.71. The lowest BCUT2D eigenvalue weighted by molar-refractivity contribution is -0.123. The maximum atomic E-state index is 11.8. The molecule has 0 aliphatic heterocycles. The van der Waals surface area contributed by atoms with Crippen molar-refractivity contribution in [3.8, 4) is 11.3 Å². The van der Waals surface area contributed by atoms with Crippen LogP contribution in [0.25, 0.3) is 11.3 Å². The molecule has 0 fully saturated rings. The number of carbonyl (C=O) groups excluding carboxylic acids is 1. The Bertz CT molecular complexity index is 611. The summed E-state index contributed by atoms with van der Waals surface area (Å²) in [5.74, 6) is -0.0531. The Hall–Kier alpha value is -2.20. The molecule has 0 spiro atoms. The molecule has 1 aromatic heterocycles. The smallest absolute Gasteiger partial charge is 0.222 e. The first-order chi connectivity index (χ1) is 10.6. The third kappa shape index (κ3) is 4.67. The van der Waals surface area contributed by atoms with Gasteiger partial charge in [-0.05, 0) is 29.7 Å². The summed E-state index contributed by atoms with van der Waals surface area (Å²) < 4.78 is 0. The van der Waals surface area contributed by atoms with Crippen molar-refractivity contribution in [1.29, 1.82) is 0 Å². The van der Waals surface area contributed by atoms with E-state index < -0.39 is 6.10 Å². The Morgan fingerprint density at radius 2 is 2.05 bits per heavy atom. The van der Waals surface area contributed by atoms with Crippen LogP contribution in [-0.2, 0) is 11.3 Å². The molecule has 1 amide bonds. The van der Waals surface area contributed by atoms with E-state index in [9.17, 15) is 9.90 Å². The van der Waals surface area contributed by atoms with E-state index in [1.54, 1.807) is 6.20 Å². The summed E-state index contributed by atoms with van der Waals surface area (Å²) >= 11 is 0. The molecule has 22 heavy (non-hydrogen) atoms. The average molecular weight is 298 g/mol. The third-order valence-corrected chi connectivity index (χ3v) is 3.54. The Balaban J connectivity index is 1.95. The van der Waals surface area contributed by atoms with Crippen LogP contribution in [0.4, 0.5) is 0 Å². The highest BCUT2D eigenvalue weighted by atomic mass is 16.3. The summed E-state index contributed by atoms with van der Waals surface area (Å²) in [6.07, 6.45) is 1.30. The molecular formula is C18H22N2O2.